The van der Waals surface area contributed by atoms with Crippen LogP contribution in [0.5, 0.6) is 0 Å². The van der Waals surface area contributed by atoms with Gasteiger partial charge in [0, 0.05) is 37.1 Å². The molecular weight excluding hydrogens is 360 g/mol. The lowest BCUT2D eigenvalue weighted by Gasteiger charge is -2.20. The fourth-order valence-electron chi connectivity index (χ4n) is 3.01. The molecule has 29 heavy (non-hydrogen) atoms. The van der Waals surface area contributed by atoms with E-state index in [0.29, 0.717) is 18.3 Å². The third-order valence-electron chi connectivity index (χ3n) is 4.56. The maximum atomic E-state index is 4.49. The van der Waals surface area contributed by atoms with Gasteiger partial charge in [0.2, 0.25) is 5.95 Å². The van der Waals surface area contributed by atoms with Gasteiger partial charge < -0.3 is 10.2 Å². The van der Waals surface area contributed by atoms with Gasteiger partial charge in [0.1, 0.15) is 0 Å². The molecule has 1 heterocycles. The third-order valence-corrected chi connectivity index (χ3v) is 4.56. The summed E-state index contributed by atoms with van der Waals surface area (Å²) in [5.74, 6) is 1.24. The van der Waals surface area contributed by atoms with E-state index >= 15 is 0 Å². The van der Waals surface area contributed by atoms with Crippen LogP contribution in [0, 0.1) is 6.92 Å². The normalized spacial score (nSPS) is 10.9. The van der Waals surface area contributed by atoms with Crippen LogP contribution in [0.25, 0.3) is 0 Å². The van der Waals surface area contributed by atoms with E-state index < -0.39 is 0 Å². The van der Waals surface area contributed by atoms with Gasteiger partial charge in [-0.1, -0.05) is 42.5 Å². The third kappa shape index (κ3) is 6.04. The Bertz CT molecular complexity index is 918. The molecule has 6 heteroatoms. The van der Waals surface area contributed by atoms with Crippen molar-refractivity contribution in [3.63, 3.8) is 0 Å². The number of hydrazone groups is 1. The van der Waals surface area contributed by atoms with E-state index in [0.717, 1.165) is 24.3 Å². The van der Waals surface area contributed by atoms with E-state index in [2.05, 4.69) is 81.0 Å². The molecule has 0 saturated heterocycles. The van der Waals surface area contributed by atoms with E-state index in [4.69, 9.17) is 0 Å². The molecule has 0 atom stereocenters. The summed E-state index contributed by atoms with van der Waals surface area (Å²) in [6.07, 6.45) is 1.79. The second kappa shape index (κ2) is 10.2. The van der Waals surface area contributed by atoms with Crippen molar-refractivity contribution < 1.29 is 0 Å². The second-order valence-corrected chi connectivity index (χ2v) is 6.69. The first-order chi connectivity index (χ1) is 14.2. The molecule has 1 aromatic heterocycles. The van der Waals surface area contributed by atoms with Gasteiger partial charge in [0.15, 0.2) is 5.82 Å². The Morgan fingerprint density at radius 3 is 2.38 bits per heavy atom. The van der Waals surface area contributed by atoms with Crippen LogP contribution in [0.3, 0.4) is 0 Å². The predicted octanol–water partition coefficient (Wildman–Crippen LogP) is 4.69. The molecule has 6 nitrogen and oxygen atoms in total. The molecule has 150 valence electrons. The highest BCUT2D eigenvalue weighted by Gasteiger charge is 2.03. The number of anilines is 3. The van der Waals surface area contributed by atoms with Crippen LogP contribution < -0.4 is 15.6 Å². The van der Waals surface area contributed by atoms with Crippen molar-refractivity contribution in [3.8, 4) is 0 Å². The number of rotatable bonds is 9. The van der Waals surface area contributed by atoms with Crippen LogP contribution in [0.15, 0.2) is 65.8 Å². The number of hydrogen-bond donors (Lipinski definition) is 2. The zero-order chi connectivity index (χ0) is 20.5. The predicted molar refractivity (Wildman–Crippen MR) is 122 cm³/mol. The standard InChI is InChI=1S/C23H28N6/c1-4-29(5-2)21-13-11-20(12-14-21)17-25-28-22-15-18(3)26-23(27-22)24-16-19-9-7-6-8-10-19/h6-15,17H,4-5,16H2,1-3H3,(H2,24,26,27,28)/b25-17-. The van der Waals surface area contributed by atoms with Gasteiger partial charge in [-0.15, -0.1) is 0 Å². The van der Waals surface area contributed by atoms with E-state index in [1.165, 1.54) is 11.3 Å². The monoisotopic (exact) mass is 388 g/mol. The Morgan fingerprint density at radius 1 is 0.966 bits per heavy atom. The number of nitrogens with one attached hydrogen (secondary N) is 2. The summed E-state index contributed by atoms with van der Waals surface area (Å²) in [7, 11) is 0. The molecule has 0 radical (unpaired) electrons. The molecule has 0 spiro atoms. The lowest BCUT2D eigenvalue weighted by Crippen LogP contribution is -2.21. The molecule has 2 N–H and O–H groups in total. The molecule has 2 aromatic carbocycles. The molecule has 0 saturated carbocycles. The minimum Gasteiger partial charge on any atom is -0.372 e. The molecular formula is C23H28N6. The molecule has 0 fully saturated rings. The van der Waals surface area contributed by atoms with E-state index in [1.54, 1.807) is 6.21 Å². The van der Waals surface area contributed by atoms with Gasteiger partial charge in [0.05, 0.1) is 6.21 Å². The Kier molecular flexibility index (Phi) is 7.16. The summed E-state index contributed by atoms with van der Waals surface area (Å²) in [4.78, 5) is 11.2. The van der Waals surface area contributed by atoms with Gasteiger partial charge >= 0.3 is 0 Å². The van der Waals surface area contributed by atoms with Crippen LogP contribution in [-0.4, -0.2) is 29.3 Å². The number of nitrogens with zero attached hydrogens (tertiary/aromatic N) is 4. The van der Waals surface area contributed by atoms with Crippen molar-refractivity contribution >= 4 is 23.7 Å². The SMILES string of the molecule is CCN(CC)c1ccc(/C=N\Nc2cc(C)nc(NCc3ccccc3)n2)cc1. The van der Waals surface area contributed by atoms with E-state index in [-0.39, 0.29) is 0 Å². The van der Waals surface area contributed by atoms with E-state index in [9.17, 15) is 0 Å². The van der Waals surface area contributed by atoms with Crippen LogP contribution in [-0.2, 0) is 6.54 Å². The lowest BCUT2D eigenvalue weighted by atomic mass is 10.2. The fourth-order valence-corrected chi connectivity index (χ4v) is 3.01. The molecule has 0 aliphatic carbocycles. The van der Waals surface area contributed by atoms with Gasteiger partial charge in [-0.05, 0) is 44.0 Å². The van der Waals surface area contributed by atoms with Crippen LogP contribution in [0.4, 0.5) is 17.5 Å². The highest BCUT2D eigenvalue weighted by Crippen LogP contribution is 2.14. The van der Waals surface area contributed by atoms with Crippen LogP contribution in [0.1, 0.15) is 30.7 Å². The minimum atomic E-state index is 0.579. The minimum absolute atomic E-state index is 0.579. The molecule has 3 rings (SSSR count). The zero-order valence-corrected chi connectivity index (χ0v) is 17.3. The number of benzene rings is 2. The summed E-state index contributed by atoms with van der Waals surface area (Å²) >= 11 is 0. The van der Waals surface area contributed by atoms with Crippen molar-refractivity contribution in [1.82, 2.24) is 9.97 Å². The molecule has 0 unspecified atom stereocenters. The van der Waals surface area contributed by atoms with Crippen molar-refractivity contribution in [2.75, 3.05) is 28.7 Å². The Morgan fingerprint density at radius 2 is 1.69 bits per heavy atom. The number of aromatic nitrogens is 2. The fraction of sp³-hybridized carbons (Fsp3) is 0.261. The van der Waals surface area contributed by atoms with Gasteiger partial charge in [0.25, 0.3) is 0 Å². The molecule has 0 aliphatic heterocycles. The first-order valence-electron chi connectivity index (χ1n) is 9.95. The van der Waals surface area contributed by atoms with E-state index in [1.807, 2.05) is 31.2 Å². The summed E-state index contributed by atoms with van der Waals surface area (Å²) in [6, 6.07) is 20.4. The second-order valence-electron chi connectivity index (χ2n) is 6.69. The summed E-state index contributed by atoms with van der Waals surface area (Å²) < 4.78 is 0. The number of hydrogen-bond acceptors (Lipinski definition) is 6. The van der Waals surface area contributed by atoms with Gasteiger partial charge in [-0.3, -0.25) is 5.43 Å². The Balaban J connectivity index is 1.60. The summed E-state index contributed by atoms with van der Waals surface area (Å²) in [5.41, 5.74) is 7.30. The quantitative estimate of drug-likeness (QED) is 0.411. The molecule has 3 aromatic rings. The Hall–Kier alpha value is -3.41. The smallest absolute Gasteiger partial charge is 0.225 e. The highest BCUT2D eigenvalue weighted by molar-refractivity contribution is 5.80. The van der Waals surface area contributed by atoms with Gasteiger partial charge in [-0.25, -0.2) is 4.98 Å². The average Bonchev–Trinajstić information content (AvgIpc) is 2.75. The number of aryl methyl sites for hydroxylation is 1. The lowest BCUT2D eigenvalue weighted by molar-refractivity contribution is 0.866. The first-order valence-corrected chi connectivity index (χ1v) is 9.95. The zero-order valence-electron chi connectivity index (χ0n) is 17.3. The van der Waals surface area contributed by atoms with Crippen molar-refractivity contribution in [1.29, 1.82) is 0 Å². The Labute approximate surface area is 172 Å². The highest BCUT2D eigenvalue weighted by atomic mass is 15.3. The first kappa shape index (κ1) is 20.3. The van der Waals surface area contributed by atoms with Crippen molar-refractivity contribution in [2.24, 2.45) is 5.10 Å². The molecule has 0 aliphatic rings. The maximum absolute atomic E-state index is 4.49. The molecule has 0 amide bonds. The topological polar surface area (TPSA) is 65.4 Å². The van der Waals surface area contributed by atoms with Gasteiger partial charge in [-0.2, -0.15) is 10.1 Å². The van der Waals surface area contributed by atoms with Crippen molar-refractivity contribution in [2.45, 2.75) is 27.3 Å². The summed E-state index contributed by atoms with van der Waals surface area (Å²) in [6.45, 7) is 8.94. The maximum Gasteiger partial charge on any atom is 0.225 e. The van der Waals surface area contributed by atoms with Crippen molar-refractivity contribution in [3.05, 3.63) is 77.5 Å². The average molecular weight is 389 g/mol. The van der Waals surface area contributed by atoms with Crippen LogP contribution >= 0.6 is 0 Å². The molecule has 0 bridgehead atoms. The largest absolute Gasteiger partial charge is 0.372 e. The summed E-state index contributed by atoms with van der Waals surface area (Å²) in [5, 5.41) is 7.58. The van der Waals surface area contributed by atoms with Crippen LogP contribution in [0.2, 0.25) is 0 Å².